The highest BCUT2D eigenvalue weighted by Gasteiger charge is 2.18. The Kier molecular flexibility index (Phi) is 6.39. The zero-order valence-electron chi connectivity index (χ0n) is 25.3. The maximum atomic E-state index is 5.23. The largest absolute Gasteiger partial charge is 0.294 e. The minimum absolute atomic E-state index is 0.525. The predicted molar refractivity (Wildman–Crippen MR) is 191 cm³/mol. The third-order valence-corrected chi connectivity index (χ3v) is 8.65. The molecule has 6 aromatic carbocycles. The van der Waals surface area contributed by atoms with Crippen LogP contribution in [-0.2, 0) is 0 Å². The van der Waals surface area contributed by atoms with Gasteiger partial charge in [0.05, 0.1) is 11.0 Å². The lowest BCUT2D eigenvalue weighted by atomic mass is 10.0. The maximum Gasteiger partial charge on any atom is 0.182 e. The first-order valence-corrected chi connectivity index (χ1v) is 15.7. The molecular formula is C42H27N5. The first-order valence-electron chi connectivity index (χ1n) is 15.7. The second-order valence-electron chi connectivity index (χ2n) is 11.5. The van der Waals surface area contributed by atoms with E-state index in [0.717, 1.165) is 28.0 Å². The van der Waals surface area contributed by atoms with Gasteiger partial charge in [0.2, 0.25) is 0 Å². The van der Waals surface area contributed by atoms with Crippen LogP contribution in [0.3, 0.4) is 0 Å². The van der Waals surface area contributed by atoms with Gasteiger partial charge in [-0.05, 0) is 52.2 Å². The van der Waals surface area contributed by atoms with Crippen LogP contribution in [0.25, 0.3) is 83.8 Å². The zero-order chi connectivity index (χ0) is 31.2. The van der Waals surface area contributed by atoms with Crippen LogP contribution in [0.15, 0.2) is 164 Å². The summed E-state index contributed by atoms with van der Waals surface area (Å²) in [5.41, 5.74) is 7.08. The summed E-state index contributed by atoms with van der Waals surface area (Å²) in [5.74, 6) is 2.54. The number of nitrogens with zero attached hydrogens (tertiary/aromatic N) is 5. The Hall–Kier alpha value is -6.46. The molecule has 0 fully saturated rings. The predicted octanol–water partition coefficient (Wildman–Crippen LogP) is 10.2. The molecule has 0 aliphatic carbocycles. The molecule has 220 valence electrons. The Labute approximate surface area is 271 Å². The van der Waals surface area contributed by atoms with Crippen LogP contribution < -0.4 is 0 Å². The van der Waals surface area contributed by atoms with Gasteiger partial charge in [0.1, 0.15) is 11.5 Å². The summed E-state index contributed by atoms with van der Waals surface area (Å²) in [6.07, 6.45) is 0. The molecule has 3 aromatic heterocycles. The minimum atomic E-state index is 0.525. The first-order chi connectivity index (χ1) is 23.3. The molecule has 0 atom stereocenters. The highest BCUT2D eigenvalue weighted by molar-refractivity contribution is 6.21. The van der Waals surface area contributed by atoms with Gasteiger partial charge in [0.15, 0.2) is 17.5 Å². The van der Waals surface area contributed by atoms with Crippen molar-refractivity contribution in [2.45, 2.75) is 0 Å². The normalized spacial score (nSPS) is 11.4. The molecule has 0 N–H and O–H groups in total. The van der Waals surface area contributed by atoms with E-state index in [1.807, 2.05) is 72.8 Å². The molecule has 47 heavy (non-hydrogen) atoms. The molecule has 0 saturated heterocycles. The Morgan fingerprint density at radius 1 is 0.362 bits per heavy atom. The Morgan fingerprint density at radius 3 is 1.66 bits per heavy atom. The lowest BCUT2D eigenvalue weighted by Crippen LogP contribution is -2.03. The van der Waals surface area contributed by atoms with Crippen LogP contribution in [0, 0.1) is 0 Å². The average molecular weight is 602 g/mol. The van der Waals surface area contributed by atoms with Gasteiger partial charge in [-0.2, -0.15) is 0 Å². The number of hydrogen-bond donors (Lipinski definition) is 0. The Bertz CT molecular complexity index is 2500. The molecule has 0 radical (unpaired) electrons. The van der Waals surface area contributed by atoms with Crippen molar-refractivity contribution < 1.29 is 0 Å². The summed E-state index contributed by atoms with van der Waals surface area (Å²) < 4.78 is 2.26. The van der Waals surface area contributed by atoms with E-state index in [2.05, 4.69) is 95.6 Å². The molecule has 0 aliphatic rings. The molecule has 0 bridgehead atoms. The highest BCUT2D eigenvalue weighted by atomic mass is 15.1. The van der Waals surface area contributed by atoms with Crippen molar-refractivity contribution in [3.05, 3.63) is 164 Å². The van der Waals surface area contributed by atoms with Gasteiger partial charge in [-0.1, -0.05) is 133 Å². The lowest BCUT2D eigenvalue weighted by Gasteiger charge is -2.11. The highest BCUT2D eigenvalue weighted by Crippen LogP contribution is 2.38. The van der Waals surface area contributed by atoms with Crippen LogP contribution >= 0.6 is 0 Å². The Morgan fingerprint density at radius 2 is 0.957 bits per heavy atom. The summed E-state index contributed by atoms with van der Waals surface area (Å²) in [6.45, 7) is 0. The number of hydrogen-bond acceptors (Lipinski definition) is 4. The zero-order valence-corrected chi connectivity index (χ0v) is 25.3. The van der Waals surface area contributed by atoms with E-state index >= 15 is 0 Å². The monoisotopic (exact) mass is 601 g/mol. The van der Waals surface area contributed by atoms with Crippen molar-refractivity contribution >= 4 is 32.6 Å². The van der Waals surface area contributed by atoms with Crippen molar-refractivity contribution in [1.82, 2.24) is 24.5 Å². The van der Waals surface area contributed by atoms with Crippen LogP contribution in [-0.4, -0.2) is 24.5 Å². The number of rotatable bonds is 5. The molecule has 9 aromatic rings. The maximum absolute atomic E-state index is 5.23. The van der Waals surface area contributed by atoms with Gasteiger partial charge in [0.25, 0.3) is 0 Å². The minimum Gasteiger partial charge on any atom is -0.294 e. The summed E-state index contributed by atoms with van der Waals surface area (Å²) in [6, 6.07) is 56.3. The number of benzene rings is 6. The topological polar surface area (TPSA) is 56.5 Å². The molecule has 5 heteroatoms. The van der Waals surface area contributed by atoms with E-state index in [9.17, 15) is 0 Å². The lowest BCUT2D eigenvalue weighted by molar-refractivity contribution is 1.03. The number of aromatic nitrogens is 5. The number of fused-ring (bicyclic) bond motifs is 5. The second kappa shape index (κ2) is 11.2. The fraction of sp³-hybridized carbons (Fsp3) is 0. The van der Waals surface area contributed by atoms with E-state index in [4.69, 9.17) is 19.9 Å². The van der Waals surface area contributed by atoms with Crippen LogP contribution in [0.2, 0.25) is 0 Å². The molecular weight excluding hydrogens is 574 g/mol. The molecule has 0 spiro atoms. The van der Waals surface area contributed by atoms with Crippen molar-refractivity contribution in [2.75, 3.05) is 0 Å². The summed E-state index contributed by atoms with van der Waals surface area (Å²) >= 11 is 0. The van der Waals surface area contributed by atoms with Gasteiger partial charge in [-0.25, -0.2) is 19.9 Å². The van der Waals surface area contributed by atoms with Gasteiger partial charge in [0, 0.05) is 21.9 Å². The van der Waals surface area contributed by atoms with Crippen LogP contribution in [0.5, 0.6) is 0 Å². The van der Waals surface area contributed by atoms with E-state index in [1.165, 1.54) is 32.7 Å². The second-order valence-corrected chi connectivity index (χ2v) is 11.5. The van der Waals surface area contributed by atoms with Gasteiger partial charge in [-0.3, -0.25) is 4.57 Å². The Balaban J connectivity index is 1.27. The standard InChI is InChI=1S/C42H27N5/c1-4-13-28(14-5-1)32-24-25-36-34(27-32)39-33-20-11-10-15-29(33)23-26-37(39)47(36)38-22-12-21-35(43-38)42-45-40(30-16-6-2-7-17-30)44-41(46-42)31-18-8-3-9-19-31/h1-27H. The fourth-order valence-electron chi connectivity index (χ4n) is 6.44. The quantitative estimate of drug-likeness (QED) is 0.197. The molecule has 9 rings (SSSR count). The molecule has 0 saturated carbocycles. The first kappa shape index (κ1) is 26.9. The molecule has 0 amide bonds. The van der Waals surface area contributed by atoms with Crippen LogP contribution in [0.1, 0.15) is 0 Å². The molecule has 3 heterocycles. The number of pyridine rings is 1. The third kappa shape index (κ3) is 4.73. The smallest absolute Gasteiger partial charge is 0.182 e. The van der Waals surface area contributed by atoms with E-state index in [1.54, 1.807) is 0 Å². The van der Waals surface area contributed by atoms with Crippen molar-refractivity contribution in [2.24, 2.45) is 0 Å². The summed E-state index contributed by atoms with van der Waals surface area (Å²) in [4.78, 5) is 20.0. The summed E-state index contributed by atoms with van der Waals surface area (Å²) in [7, 11) is 0. The van der Waals surface area contributed by atoms with Gasteiger partial charge >= 0.3 is 0 Å². The van der Waals surface area contributed by atoms with E-state index in [-0.39, 0.29) is 0 Å². The van der Waals surface area contributed by atoms with Gasteiger partial charge in [-0.15, -0.1) is 0 Å². The molecule has 5 nitrogen and oxygen atoms in total. The molecule has 0 aliphatic heterocycles. The van der Waals surface area contributed by atoms with E-state index in [0.29, 0.717) is 23.2 Å². The van der Waals surface area contributed by atoms with E-state index < -0.39 is 0 Å². The SMILES string of the molecule is c1ccc(-c2ccc3c(c2)c2c4ccccc4ccc2n3-c2cccc(-c3nc(-c4ccccc4)nc(-c4ccccc4)n3)n2)cc1. The van der Waals surface area contributed by atoms with Crippen molar-refractivity contribution in [3.63, 3.8) is 0 Å². The third-order valence-electron chi connectivity index (χ3n) is 8.65. The van der Waals surface area contributed by atoms with Crippen molar-refractivity contribution in [1.29, 1.82) is 0 Å². The van der Waals surface area contributed by atoms with Crippen molar-refractivity contribution in [3.8, 4) is 51.2 Å². The average Bonchev–Trinajstić information content (AvgIpc) is 3.50. The van der Waals surface area contributed by atoms with Crippen LogP contribution in [0.4, 0.5) is 0 Å². The summed E-state index contributed by atoms with van der Waals surface area (Å²) in [5, 5.41) is 4.81. The van der Waals surface area contributed by atoms with Gasteiger partial charge < -0.3 is 0 Å². The molecule has 0 unspecified atom stereocenters. The fourth-order valence-corrected chi connectivity index (χ4v) is 6.44.